The number of hydrogen-bond donors (Lipinski definition) is 0. The zero-order chi connectivity index (χ0) is 17.2. The minimum Gasteiger partial charge on any atom is -0.332 e. The molecule has 1 unspecified atom stereocenters. The van der Waals surface area contributed by atoms with E-state index < -0.39 is 0 Å². The van der Waals surface area contributed by atoms with Gasteiger partial charge in [-0.15, -0.1) is 0 Å². The average Bonchev–Trinajstić information content (AvgIpc) is 2.68. The second-order valence-electron chi connectivity index (χ2n) is 6.39. The summed E-state index contributed by atoms with van der Waals surface area (Å²) in [5, 5.41) is 0. The fourth-order valence-corrected chi connectivity index (χ4v) is 3.40. The lowest BCUT2D eigenvalue weighted by Gasteiger charge is -2.35. The molecule has 0 saturated heterocycles. The van der Waals surface area contributed by atoms with E-state index in [1.807, 2.05) is 36.1 Å². The van der Waals surface area contributed by atoms with Crippen LogP contribution in [0.3, 0.4) is 0 Å². The van der Waals surface area contributed by atoms with E-state index in [4.69, 9.17) is 0 Å². The molecule has 1 aliphatic heterocycles. The van der Waals surface area contributed by atoms with Crippen LogP contribution in [0.1, 0.15) is 38.8 Å². The van der Waals surface area contributed by atoms with Crippen LogP contribution in [0, 0.1) is 6.92 Å². The number of benzene rings is 2. The minimum absolute atomic E-state index is 0.0667. The van der Waals surface area contributed by atoms with Gasteiger partial charge >= 0.3 is 0 Å². The summed E-state index contributed by atoms with van der Waals surface area (Å²) >= 11 is 0. The van der Waals surface area contributed by atoms with Gasteiger partial charge in [-0.1, -0.05) is 54.6 Å². The van der Waals surface area contributed by atoms with Gasteiger partial charge in [0.25, 0.3) is 5.91 Å². The SMILES string of the molecule is Cc1cnc(C(=O)N2Cc3ccccc3C(c3ccccc3)C2)cn1. The second-order valence-corrected chi connectivity index (χ2v) is 6.39. The lowest BCUT2D eigenvalue weighted by atomic mass is 9.84. The maximum Gasteiger partial charge on any atom is 0.274 e. The van der Waals surface area contributed by atoms with Gasteiger partial charge in [0.2, 0.25) is 0 Å². The molecule has 0 radical (unpaired) electrons. The van der Waals surface area contributed by atoms with E-state index >= 15 is 0 Å². The van der Waals surface area contributed by atoms with Gasteiger partial charge in [0.05, 0.1) is 11.9 Å². The molecule has 0 bridgehead atoms. The third-order valence-corrected chi connectivity index (χ3v) is 4.68. The molecule has 1 atom stereocenters. The minimum atomic E-state index is -0.0667. The van der Waals surface area contributed by atoms with Crippen molar-refractivity contribution in [2.45, 2.75) is 19.4 Å². The van der Waals surface area contributed by atoms with Crippen LogP contribution < -0.4 is 0 Å². The first-order valence-corrected chi connectivity index (χ1v) is 8.43. The summed E-state index contributed by atoms with van der Waals surface area (Å²) in [6.07, 6.45) is 3.20. The Morgan fingerprint density at radius 1 is 1.00 bits per heavy atom. The van der Waals surface area contributed by atoms with E-state index in [0.29, 0.717) is 18.8 Å². The second kappa shape index (κ2) is 6.48. The number of amides is 1. The predicted octanol–water partition coefficient (Wildman–Crippen LogP) is 3.57. The first-order chi connectivity index (χ1) is 12.2. The summed E-state index contributed by atoms with van der Waals surface area (Å²) < 4.78 is 0. The molecular weight excluding hydrogens is 310 g/mol. The number of nitrogens with zero attached hydrogens (tertiary/aromatic N) is 3. The van der Waals surface area contributed by atoms with Gasteiger partial charge in [-0.05, 0) is 23.6 Å². The Balaban J connectivity index is 1.70. The van der Waals surface area contributed by atoms with Crippen LogP contribution in [0.2, 0.25) is 0 Å². The van der Waals surface area contributed by atoms with Crippen LogP contribution in [0.5, 0.6) is 0 Å². The summed E-state index contributed by atoms with van der Waals surface area (Å²) in [7, 11) is 0. The van der Waals surface area contributed by atoms with Gasteiger partial charge in [0.15, 0.2) is 0 Å². The molecule has 4 nitrogen and oxygen atoms in total. The molecule has 0 N–H and O–H groups in total. The highest BCUT2D eigenvalue weighted by atomic mass is 16.2. The van der Waals surface area contributed by atoms with Gasteiger partial charge in [0.1, 0.15) is 5.69 Å². The van der Waals surface area contributed by atoms with Crippen molar-refractivity contribution in [2.24, 2.45) is 0 Å². The number of aromatic nitrogens is 2. The summed E-state index contributed by atoms with van der Waals surface area (Å²) in [6.45, 7) is 3.12. The first-order valence-electron chi connectivity index (χ1n) is 8.43. The Morgan fingerprint density at radius 2 is 1.76 bits per heavy atom. The lowest BCUT2D eigenvalue weighted by Crippen LogP contribution is -2.39. The first kappa shape index (κ1) is 15.5. The standard InChI is InChI=1S/C21H19N3O/c1-15-11-23-20(12-22-15)21(25)24-13-17-9-5-6-10-18(17)19(14-24)16-7-3-2-4-8-16/h2-12,19H,13-14H2,1H3. The number of fused-ring (bicyclic) bond motifs is 1. The van der Waals surface area contributed by atoms with Crippen molar-refractivity contribution in [3.05, 3.63) is 95.1 Å². The zero-order valence-electron chi connectivity index (χ0n) is 14.1. The molecule has 25 heavy (non-hydrogen) atoms. The Labute approximate surface area is 147 Å². The molecule has 0 fully saturated rings. The van der Waals surface area contributed by atoms with Gasteiger partial charge < -0.3 is 4.90 Å². The van der Waals surface area contributed by atoms with E-state index in [2.05, 4.69) is 40.3 Å². The fourth-order valence-electron chi connectivity index (χ4n) is 3.40. The maximum atomic E-state index is 12.9. The quantitative estimate of drug-likeness (QED) is 0.722. The summed E-state index contributed by atoms with van der Waals surface area (Å²) in [5.74, 6) is 0.108. The largest absolute Gasteiger partial charge is 0.332 e. The summed E-state index contributed by atoms with van der Waals surface area (Å²) in [6, 6.07) is 18.7. The van der Waals surface area contributed by atoms with E-state index in [0.717, 1.165) is 5.69 Å². The van der Waals surface area contributed by atoms with Crippen LogP contribution in [0.4, 0.5) is 0 Å². The van der Waals surface area contributed by atoms with E-state index in [1.165, 1.54) is 16.7 Å². The molecule has 0 aliphatic carbocycles. The van der Waals surface area contributed by atoms with Crippen molar-refractivity contribution >= 4 is 5.91 Å². The molecular formula is C21H19N3O. The summed E-state index contributed by atoms with van der Waals surface area (Å²) in [4.78, 5) is 23.3. The third kappa shape index (κ3) is 3.03. The Morgan fingerprint density at radius 3 is 2.52 bits per heavy atom. The molecule has 1 amide bonds. The molecule has 0 spiro atoms. The number of aryl methyl sites for hydroxylation is 1. The van der Waals surface area contributed by atoms with Crippen molar-refractivity contribution in [3.8, 4) is 0 Å². The predicted molar refractivity (Wildman–Crippen MR) is 96.2 cm³/mol. The van der Waals surface area contributed by atoms with Crippen LogP contribution in [-0.2, 0) is 6.54 Å². The number of carbonyl (C=O) groups excluding carboxylic acids is 1. The molecule has 2 aromatic carbocycles. The normalized spacial score (nSPS) is 16.4. The zero-order valence-corrected chi connectivity index (χ0v) is 14.1. The van der Waals surface area contributed by atoms with Crippen molar-refractivity contribution in [1.82, 2.24) is 14.9 Å². The highest BCUT2D eigenvalue weighted by molar-refractivity contribution is 5.92. The highest BCUT2D eigenvalue weighted by Gasteiger charge is 2.30. The van der Waals surface area contributed by atoms with E-state index in [-0.39, 0.29) is 11.8 Å². The fraction of sp³-hybridized carbons (Fsp3) is 0.190. The average molecular weight is 329 g/mol. The molecule has 0 saturated carbocycles. The number of hydrogen-bond acceptors (Lipinski definition) is 3. The third-order valence-electron chi connectivity index (χ3n) is 4.68. The molecule has 124 valence electrons. The van der Waals surface area contributed by atoms with Crippen LogP contribution in [0.25, 0.3) is 0 Å². The van der Waals surface area contributed by atoms with E-state index in [9.17, 15) is 4.79 Å². The topological polar surface area (TPSA) is 46.1 Å². The van der Waals surface area contributed by atoms with Crippen LogP contribution >= 0.6 is 0 Å². The molecule has 1 aliphatic rings. The lowest BCUT2D eigenvalue weighted by molar-refractivity contribution is 0.0718. The van der Waals surface area contributed by atoms with E-state index in [1.54, 1.807) is 12.4 Å². The Hall–Kier alpha value is -3.01. The van der Waals surface area contributed by atoms with Crippen molar-refractivity contribution in [2.75, 3.05) is 6.54 Å². The molecule has 2 heterocycles. The van der Waals surface area contributed by atoms with Gasteiger partial charge in [-0.25, -0.2) is 4.98 Å². The Kier molecular flexibility index (Phi) is 4.02. The van der Waals surface area contributed by atoms with Gasteiger partial charge in [0, 0.05) is 25.2 Å². The molecule has 3 aromatic rings. The van der Waals surface area contributed by atoms with Gasteiger partial charge in [-0.3, -0.25) is 9.78 Å². The van der Waals surface area contributed by atoms with Crippen LogP contribution in [-0.4, -0.2) is 27.3 Å². The molecule has 4 heteroatoms. The van der Waals surface area contributed by atoms with Crippen molar-refractivity contribution < 1.29 is 4.79 Å². The van der Waals surface area contributed by atoms with Gasteiger partial charge in [-0.2, -0.15) is 0 Å². The smallest absolute Gasteiger partial charge is 0.274 e. The molecule has 4 rings (SSSR count). The highest BCUT2D eigenvalue weighted by Crippen LogP contribution is 2.33. The number of rotatable bonds is 2. The Bertz CT molecular complexity index is 891. The van der Waals surface area contributed by atoms with Crippen molar-refractivity contribution in [1.29, 1.82) is 0 Å². The maximum absolute atomic E-state index is 12.9. The number of carbonyl (C=O) groups is 1. The molecule has 1 aromatic heterocycles. The summed E-state index contributed by atoms with van der Waals surface area (Å²) in [5.41, 5.74) is 4.92. The monoisotopic (exact) mass is 329 g/mol. The van der Waals surface area contributed by atoms with Crippen LogP contribution in [0.15, 0.2) is 67.0 Å². The van der Waals surface area contributed by atoms with Crippen molar-refractivity contribution in [3.63, 3.8) is 0 Å².